The summed E-state index contributed by atoms with van der Waals surface area (Å²) in [6.45, 7) is 5.30. The zero-order valence-electron chi connectivity index (χ0n) is 34.5. The summed E-state index contributed by atoms with van der Waals surface area (Å²) >= 11 is 6.25. The predicted molar refractivity (Wildman–Crippen MR) is 217 cm³/mol. The zero-order chi connectivity index (χ0) is 42.8. The number of phosphoric acid groups is 1. The number of likely N-dealkylation sites (N-methyl/N-ethyl adjacent to an activating group) is 1. The highest BCUT2D eigenvalue weighted by Crippen LogP contribution is 2.59. The Labute approximate surface area is 350 Å². The van der Waals surface area contributed by atoms with Gasteiger partial charge in [-0.05, 0) is 143 Å². The number of rotatable bonds is 15. The van der Waals surface area contributed by atoms with Crippen LogP contribution in [0.25, 0.3) is 0 Å². The van der Waals surface area contributed by atoms with E-state index in [9.17, 15) is 27.7 Å². The number of aromatic nitrogens is 1. The molecule has 1 aromatic heterocycles. The smallest absolute Gasteiger partial charge is 0.471 e. The molecular formula is C43H54ClF3N3O8P. The van der Waals surface area contributed by atoms with Crippen LogP contribution in [0, 0.1) is 11.8 Å². The molecule has 0 radical (unpaired) electrons. The summed E-state index contributed by atoms with van der Waals surface area (Å²) in [5, 5.41) is 0.101. The van der Waals surface area contributed by atoms with Crippen LogP contribution in [0.5, 0.6) is 11.5 Å². The van der Waals surface area contributed by atoms with E-state index < -0.39 is 37.2 Å². The van der Waals surface area contributed by atoms with Crippen molar-refractivity contribution in [3.63, 3.8) is 0 Å². The van der Waals surface area contributed by atoms with Crippen molar-refractivity contribution in [3.05, 3.63) is 82.1 Å². The maximum Gasteiger partial charge on any atom is 0.471 e. The Morgan fingerprint density at radius 3 is 2.49 bits per heavy atom. The predicted octanol–water partition coefficient (Wildman–Crippen LogP) is 8.41. The van der Waals surface area contributed by atoms with Crippen LogP contribution in [0.3, 0.4) is 0 Å². The fraction of sp³-hybridized carbons (Fsp3) is 0.558. The van der Waals surface area contributed by atoms with Crippen molar-refractivity contribution in [2.75, 3.05) is 53.0 Å². The molecule has 3 aliphatic carbocycles. The lowest BCUT2D eigenvalue weighted by molar-refractivity contribution is -0.237. The zero-order valence-corrected chi connectivity index (χ0v) is 36.1. The van der Waals surface area contributed by atoms with E-state index in [1.54, 1.807) is 12.3 Å². The number of esters is 1. The van der Waals surface area contributed by atoms with Crippen molar-refractivity contribution in [2.45, 2.75) is 94.7 Å². The summed E-state index contributed by atoms with van der Waals surface area (Å²) < 4.78 is 71.9. The molecular weight excluding hydrogens is 810 g/mol. The van der Waals surface area contributed by atoms with Gasteiger partial charge >= 0.3 is 26.2 Å². The maximum atomic E-state index is 14.5. The second-order valence-electron chi connectivity index (χ2n) is 16.5. The molecule has 1 amide bonds. The van der Waals surface area contributed by atoms with E-state index in [2.05, 4.69) is 18.8 Å². The number of ether oxygens (including phenoxy) is 2. The molecule has 1 fully saturated rings. The number of alkyl halides is 3. The number of carbonyl (C=O) groups is 2. The first-order valence-electron chi connectivity index (χ1n) is 20.1. The lowest BCUT2D eigenvalue weighted by atomic mass is 9.59. The number of phosphoric ester groups is 1. The third-order valence-corrected chi connectivity index (χ3v) is 14.0. The van der Waals surface area contributed by atoms with E-state index in [-0.39, 0.29) is 60.6 Å². The molecule has 0 N–H and O–H groups in total. The van der Waals surface area contributed by atoms with Crippen LogP contribution in [-0.4, -0.2) is 81.5 Å². The molecule has 4 atom stereocenters. The van der Waals surface area contributed by atoms with Crippen molar-refractivity contribution < 1.29 is 50.7 Å². The summed E-state index contributed by atoms with van der Waals surface area (Å²) in [5.74, 6) is -1.73. The highest BCUT2D eigenvalue weighted by atomic mass is 35.5. The molecule has 0 saturated heterocycles. The van der Waals surface area contributed by atoms with Crippen molar-refractivity contribution in [2.24, 2.45) is 11.8 Å². The van der Waals surface area contributed by atoms with Gasteiger partial charge in [0.2, 0.25) is 0 Å². The SMILES string of the molecule is COC(=O)C1(N(C(=O)C(F)(F)F)c2cccc(Cl)c2)CCC2(CC1)c1cc(O[P+]([O-])(OC)OCCN(C)C)ccc1C[C@@H]2C[C@@H](C)COc1ccnc2c1[C@H](C)CCC2. The Morgan fingerprint density at radius 2 is 1.83 bits per heavy atom. The van der Waals surface area contributed by atoms with Crippen LogP contribution in [0.15, 0.2) is 54.7 Å². The summed E-state index contributed by atoms with van der Waals surface area (Å²) in [6.07, 6.45) is 1.01. The Bertz CT molecular complexity index is 1980. The van der Waals surface area contributed by atoms with Crippen LogP contribution >= 0.6 is 19.8 Å². The van der Waals surface area contributed by atoms with E-state index in [1.807, 2.05) is 37.2 Å². The normalized spacial score (nSPS) is 24.2. The Hall–Kier alpha value is -3.52. The molecule has 3 aliphatic rings. The van der Waals surface area contributed by atoms with Gasteiger partial charge in [0, 0.05) is 34.7 Å². The number of benzene rings is 2. The number of carbonyl (C=O) groups excluding carboxylic acids is 2. The van der Waals surface area contributed by atoms with Gasteiger partial charge in [-0.25, -0.2) is 4.79 Å². The van der Waals surface area contributed by atoms with Gasteiger partial charge in [0.15, 0.2) is 5.75 Å². The van der Waals surface area contributed by atoms with E-state index in [0.29, 0.717) is 36.8 Å². The van der Waals surface area contributed by atoms with E-state index in [1.165, 1.54) is 31.4 Å². The topological polar surface area (TPSA) is 123 Å². The minimum Gasteiger partial charge on any atom is -0.598 e. The third-order valence-electron chi connectivity index (χ3n) is 12.4. The van der Waals surface area contributed by atoms with Crippen molar-refractivity contribution in [1.82, 2.24) is 9.88 Å². The van der Waals surface area contributed by atoms with Gasteiger partial charge in [-0.1, -0.05) is 37.6 Å². The standard InChI is InChI=1S/C43H54ClF3N3O8P/c1-28(27-56-37-15-20-48-36-12-7-9-29(2)38(36)37)23-31-24-30-13-14-34(58-59(53,55-6)57-22-21-49(3)4)26-35(30)41(31)16-18-42(19-17-41,40(52)54-5)50(39(51)43(45,46)47)33-11-8-10-32(44)25-33/h8,10-11,13-15,20,25-26,28-29,31H,7,9,12,16-19,21-24,27H2,1-6H3/t28-,29-,31+,41?,42?,59?/m1/s1. The largest absolute Gasteiger partial charge is 0.598 e. The van der Waals surface area contributed by atoms with E-state index in [0.717, 1.165) is 54.5 Å². The molecule has 3 aromatic rings. The number of aryl methyl sites for hydroxylation is 1. The van der Waals surface area contributed by atoms with Crippen LogP contribution < -0.4 is 19.1 Å². The van der Waals surface area contributed by atoms with Gasteiger partial charge in [0.25, 0.3) is 0 Å². The molecule has 1 heterocycles. The lowest BCUT2D eigenvalue weighted by Gasteiger charge is -2.51. The van der Waals surface area contributed by atoms with Gasteiger partial charge in [-0.3, -0.25) is 19.2 Å². The summed E-state index contributed by atoms with van der Waals surface area (Å²) in [6, 6.07) is 12.8. The molecule has 16 heteroatoms. The first-order valence-corrected chi connectivity index (χ1v) is 21.9. The van der Waals surface area contributed by atoms with Gasteiger partial charge in [0.05, 0.1) is 20.8 Å². The third kappa shape index (κ3) is 9.53. The van der Waals surface area contributed by atoms with E-state index in [4.69, 9.17) is 34.6 Å². The highest BCUT2D eigenvalue weighted by molar-refractivity contribution is 7.54. The number of nitrogens with zero attached hydrogens (tertiary/aromatic N) is 3. The van der Waals surface area contributed by atoms with Crippen molar-refractivity contribution in [3.8, 4) is 11.5 Å². The molecule has 1 spiro atoms. The summed E-state index contributed by atoms with van der Waals surface area (Å²) in [7, 11) is 2.02. The second-order valence-corrected chi connectivity index (χ2v) is 18.6. The quantitative estimate of drug-likeness (QED) is 0.109. The highest BCUT2D eigenvalue weighted by Gasteiger charge is 2.60. The molecule has 1 unspecified atom stereocenters. The Balaban J connectivity index is 1.35. The number of amides is 1. The fourth-order valence-electron chi connectivity index (χ4n) is 9.48. The molecule has 1 saturated carbocycles. The van der Waals surface area contributed by atoms with Crippen LogP contribution in [-0.2, 0) is 41.6 Å². The summed E-state index contributed by atoms with van der Waals surface area (Å²) in [5.41, 5.74) is 1.25. The molecule has 59 heavy (non-hydrogen) atoms. The summed E-state index contributed by atoms with van der Waals surface area (Å²) in [4.78, 5) is 47.9. The average molecular weight is 864 g/mol. The van der Waals surface area contributed by atoms with Gasteiger partial charge < -0.3 is 19.3 Å². The number of anilines is 1. The molecule has 6 rings (SSSR count). The van der Waals surface area contributed by atoms with Crippen molar-refractivity contribution >= 4 is 37.3 Å². The minimum absolute atomic E-state index is 0.0456. The second kappa shape index (κ2) is 18.2. The molecule has 11 nitrogen and oxygen atoms in total. The number of halogens is 4. The molecule has 2 aromatic carbocycles. The molecule has 322 valence electrons. The average Bonchev–Trinajstić information content (AvgIpc) is 3.48. The minimum atomic E-state index is -5.31. The molecule has 0 bridgehead atoms. The lowest BCUT2D eigenvalue weighted by Crippen LogP contribution is -2.63. The van der Waals surface area contributed by atoms with Gasteiger partial charge in [-0.15, -0.1) is 0 Å². The fourth-order valence-corrected chi connectivity index (χ4v) is 10.6. The number of methoxy groups -OCH3 is 1. The van der Waals surface area contributed by atoms with Crippen LogP contribution in [0.1, 0.15) is 87.1 Å². The van der Waals surface area contributed by atoms with Crippen LogP contribution in [0.4, 0.5) is 18.9 Å². The maximum absolute atomic E-state index is 14.5. The number of hydrogen-bond acceptors (Lipinski definition) is 10. The molecule has 0 aliphatic heterocycles. The van der Waals surface area contributed by atoms with Crippen molar-refractivity contribution in [1.29, 1.82) is 0 Å². The first-order chi connectivity index (χ1) is 27.9. The number of hydrogen-bond donors (Lipinski definition) is 0. The first kappa shape index (κ1) is 45.0. The van der Waals surface area contributed by atoms with Gasteiger partial charge in [0.1, 0.15) is 17.9 Å². The monoisotopic (exact) mass is 863 g/mol. The van der Waals surface area contributed by atoms with Gasteiger partial charge in [-0.2, -0.15) is 22.2 Å². The van der Waals surface area contributed by atoms with Crippen LogP contribution in [0.2, 0.25) is 5.02 Å². The Kier molecular flexibility index (Phi) is 13.9. The number of pyridine rings is 1. The Morgan fingerprint density at radius 1 is 1.08 bits per heavy atom. The number of fused-ring (bicyclic) bond motifs is 3. The van der Waals surface area contributed by atoms with E-state index >= 15 is 0 Å².